The second kappa shape index (κ2) is 17.2. The molecule has 1 saturated heterocycles. The molecule has 0 unspecified atom stereocenters. The van der Waals surface area contributed by atoms with Gasteiger partial charge in [-0.25, -0.2) is 0 Å². The van der Waals surface area contributed by atoms with Gasteiger partial charge >= 0.3 is 35.0 Å². The molecule has 3 aromatic rings. The largest absolute Gasteiger partial charge is 2.00 e. The van der Waals surface area contributed by atoms with Gasteiger partial charge in [0.05, 0.1) is 7.11 Å². The maximum Gasteiger partial charge on any atom is 2.00 e. The van der Waals surface area contributed by atoms with E-state index in [9.17, 15) is 14.4 Å². The Labute approximate surface area is 341 Å². The number of methoxy groups -OCH3 is 1. The molecule has 1 N–H and O–H groups in total. The van der Waals surface area contributed by atoms with Crippen molar-refractivity contribution in [2.75, 3.05) is 13.7 Å². The van der Waals surface area contributed by atoms with E-state index in [1.54, 1.807) is 0 Å². The number of ether oxygens (including phenoxy) is 2. The van der Waals surface area contributed by atoms with Crippen LogP contribution >= 0.6 is 0 Å². The molecule has 55 heavy (non-hydrogen) atoms. The summed E-state index contributed by atoms with van der Waals surface area (Å²) in [5.74, 6) is -2.34. The van der Waals surface area contributed by atoms with Crippen molar-refractivity contribution >= 4 is 70.7 Å². The summed E-state index contributed by atoms with van der Waals surface area (Å²) in [6.45, 7) is 21.0. The Morgan fingerprint density at radius 2 is 1.71 bits per heavy atom. The van der Waals surface area contributed by atoms with Crippen molar-refractivity contribution < 1.29 is 23.9 Å². The summed E-state index contributed by atoms with van der Waals surface area (Å²) in [6.07, 6.45) is 14.5. The van der Waals surface area contributed by atoms with Gasteiger partial charge in [0.1, 0.15) is 12.5 Å². The third-order valence-electron chi connectivity index (χ3n) is 11.5. The number of carbonyl (C=O) groups excluding carboxylic acids is 3. The summed E-state index contributed by atoms with van der Waals surface area (Å²) >= 11 is 0. The molecule has 10 heteroatoms. The second-order valence-corrected chi connectivity index (χ2v) is 15.4. The number of aromatic amines is 1. The number of carbonyl (C=O) groups is 3. The van der Waals surface area contributed by atoms with Gasteiger partial charge in [-0.3, -0.25) is 14.4 Å². The van der Waals surface area contributed by atoms with Crippen molar-refractivity contribution in [1.82, 2.24) is 15.0 Å². The summed E-state index contributed by atoms with van der Waals surface area (Å²) in [6, 6.07) is 0. The second-order valence-electron chi connectivity index (χ2n) is 15.4. The summed E-state index contributed by atoms with van der Waals surface area (Å²) in [5.41, 5.74) is 10.9. The smallest absolute Gasteiger partial charge is 0.664 e. The number of hydrogen-bond donors (Lipinski definition) is 1. The van der Waals surface area contributed by atoms with E-state index in [1.165, 1.54) is 12.7 Å². The number of ketones is 1. The van der Waals surface area contributed by atoms with Gasteiger partial charge in [0, 0.05) is 22.7 Å². The van der Waals surface area contributed by atoms with Crippen LogP contribution in [0, 0.1) is 44.4 Å². The standard InChI is InChI=1S/C45H54N4O5.Mg/c1-11-29-25(6)32-20-34-27(8)31(16-17-38(50)54-19-18-24(5)15-13-14-23(3)4)42(48-34)40-41(45(52)53-10)44(51)39-28(9)35(49-43(39)40)22-37-30(12-2)26(7)33(47-37)21-36(29)46-32;/h11,18,20-23,27,31,41,47H,1,12-17,19H2,2-10H3,(H-,48,49,51);/q-2;+2/p-1/b24-18-,33-21-,34-20-,37-22-;/t27-,31-,41+;/m0./s1. The number of aromatic nitrogens is 3. The minimum absolute atomic E-state index is 0. The molecule has 1 aliphatic carbocycles. The van der Waals surface area contributed by atoms with Gasteiger partial charge in [-0.15, -0.1) is 22.8 Å². The number of Topliss-reactive ketones (excluding diaryl/α,β-unsaturated/α-hetero) is 1. The minimum Gasteiger partial charge on any atom is -0.664 e. The van der Waals surface area contributed by atoms with Crippen LogP contribution in [-0.4, -0.2) is 59.5 Å². The van der Waals surface area contributed by atoms with E-state index in [1.807, 2.05) is 38.2 Å². The van der Waals surface area contributed by atoms with Crippen LogP contribution in [0.2, 0.25) is 0 Å². The first-order valence-corrected chi connectivity index (χ1v) is 19.3. The van der Waals surface area contributed by atoms with E-state index in [-0.39, 0.29) is 59.7 Å². The van der Waals surface area contributed by atoms with Crippen LogP contribution < -0.4 is 20.7 Å². The zero-order chi connectivity index (χ0) is 39.0. The quantitative estimate of drug-likeness (QED) is 0.0903. The molecular weight excluding hydrogens is 701 g/mol. The van der Waals surface area contributed by atoms with E-state index >= 15 is 0 Å². The minimum atomic E-state index is -1.21. The Kier molecular flexibility index (Phi) is 13.1. The maximum atomic E-state index is 14.3. The Morgan fingerprint density at radius 3 is 2.38 bits per heavy atom. The van der Waals surface area contributed by atoms with Crippen molar-refractivity contribution in [3.63, 3.8) is 0 Å². The van der Waals surface area contributed by atoms with Gasteiger partial charge in [0.25, 0.3) is 0 Å². The van der Waals surface area contributed by atoms with E-state index in [2.05, 4.69) is 59.2 Å². The van der Waals surface area contributed by atoms with Gasteiger partial charge in [0.15, 0.2) is 5.78 Å². The number of fused-ring (bicyclic) bond motifs is 7. The number of esters is 2. The van der Waals surface area contributed by atoms with Crippen LogP contribution in [0.5, 0.6) is 0 Å². The fraction of sp³-hybridized carbons (Fsp3) is 0.444. The zero-order valence-corrected chi connectivity index (χ0v) is 35.4. The predicted octanol–water partition coefficient (Wildman–Crippen LogP) is 7.12. The summed E-state index contributed by atoms with van der Waals surface area (Å²) < 4.78 is 10.9. The number of rotatable bonds is 12. The van der Waals surface area contributed by atoms with E-state index in [4.69, 9.17) is 24.8 Å². The molecule has 3 atom stereocenters. The van der Waals surface area contributed by atoms with Crippen molar-refractivity contribution in [3.05, 3.63) is 102 Å². The number of allylic oxidation sites excluding steroid dienone is 3. The Balaban J connectivity index is 0.00000580. The van der Waals surface area contributed by atoms with E-state index in [0.717, 1.165) is 75.7 Å². The molecule has 0 saturated carbocycles. The van der Waals surface area contributed by atoms with Crippen LogP contribution in [-0.2, 0) is 25.5 Å². The molecule has 6 rings (SSSR count). The molecule has 0 spiro atoms. The first-order chi connectivity index (χ1) is 25.8. The van der Waals surface area contributed by atoms with Crippen LogP contribution in [0.15, 0.2) is 29.6 Å². The van der Waals surface area contributed by atoms with Crippen molar-refractivity contribution in [1.29, 1.82) is 0 Å². The van der Waals surface area contributed by atoms with Crippen LogP contribution in [0.4, 0.5) is 0 Å². The summed E-state index contributed by atoms with van der Waals surface area (Å²) in [4.78, 5) is 54.7. The van der Waals surface area contributed by atoms with E-state index in [0.29, 0.717) is 46.1 Å². The maximum absolute atomic E-state index is 14.3. The SMILES string of the molecule is C=Cc1c2[n-]c(c1C)/C=C1\[N-]/C(=C3\c4[n-]c(c(C)c4C(=O)[C@@H]3C(=O)OC)/C=c3\[nH]/c(c(C)c3CC)=C\2)[C@@H](CCC(=O)OC/C=C(/C)CCCC(C)C)[C@@H]1C.[Mg+2]. The van der Waals surface area contributed by atoms with Crippen LogP contribution in [0.3, 0.4) is 0 Å². The van der Waals surface area contributed by atoms with Crippen LogP contribution in [0.1, 0.15) is 128 Å². The van der Waals surface area contributed by atoms with Crippen molar-refractivity contribution in [3.8, 4) is 0 Å². The molecule has 0 amide bonds. The topological polar surface area (TPSA) is 128 Å². The first kappa shape index (κ1) is 41.9. The summed E-state index contributed by atoms with van der Waals surface area (Å²) in [7, 11) is 1.29. The molecule has 8 bridgehead atoms. The molecule has 286 valence electrons. The number of hydrogen-bond acceptors (Lipinski definition) is 5. The van der Waals surface area contributed by atoms with Gasteiger partial charge in [0.2, 0.25) is 0 Å². The molecule has 2 aliphatic heterocycles. The monoisotopic (exact) mass is 753 g/mol. The molecular formula is C45H53MgN4O5-. The predicted molar refractivity (Wildman–Crippen MR) is 220 cm³/mol. The fourth-order valence-electron chi connectivity index (χ4n) is 8.25. The molecule has 5 heterocycles. The third kappa shape index (κ3) is 8.03. The number of H-pyrrole nitrogens is 1. The van der Waals surface area contributed by atoms with Gasteiger partial charge in [-0.1, -0.05) is 87.3 Å². The Bertz CT molecular complexity index is 2240. The third-order valence-corrected chi connectivity index (χ3v) is 11.5. The number of nitrogens with zero attached hydrogens (tertiary/aromatic N) is 3. The van der Waals surface area contributed by atoms with Gasteiger partial charge < -0.3 is 29.7 Å². The molecule has 0 radical (unpaired) electrons. The normalized spacial score (nSPS) is 22.2. The average Bonchev–Trinajstić information content (AvgIpc) is 3.87. The fourth-order valence-corrected chi connectivity index (χ4v) is 8.25. The summed E-state index contributed by atoms with van der Waals surface area (Å²) in [5, 5.41) is 7.05. The van der Waals surface area contributed by atoms with Crippen LogP contribution in [0.25, 0.3) is 35.2 Å². The molecule has 0 aromatic carbocycles. The van der Waals surface area contributed by atoms with Crippen molar-refractivity contribution in [2.45, 2.75) is 93.9 Å². The Hall–Kier alpha value is -4.28. The number of nitrogens with one attached hydrogen (secondary N) is 1. The first-order valence-electron chi connectivity index (χ1n) is 19.3. The Morgan fingerprint density at radius 1 is 1.00 bits per heavy atom. The molecule has 3 aromatic heterocycles. The zero-order valence-electron chi connectivity index (χ0n) is 33.9. The molecule has 3 aliphatic rings. The average molecular weight is 754 g/mol. The van der Waals surface area contributed by atoms with Gasteiger partial charge in [-0.05, 0) is 93.9 Å². The molecule has 9 nitrogen and oxygen atoms in total. The van der Waals surface area contributed by atoms with Gasteiger partial charge in [-0.2, -0.15) is 11.4 Å². The molecule has 1 fully saturated rings. The van der Waals surface area contributed by atoms with Crippen molar-refractivity contribution in [2.24, 2.45) is 23.7 Å². The van der Waals surface area contributed by atoms with E-state index < -0.39 is 11.9 Å².